The number of halogens is 2. The maximum atomic E-state index is 10.0. The summed E-state index contributed by atoms with van der Waals surface area (Å²) in [5.74, 6) is 0.767. The van der Waals surface area contributed by atoms with Crippen molar-refractivity contribution in [3.63, 3.8) is 0 Å². The minimum atomic E-state index is -0.548. The zero-order chi connectivity index (χ0) is 21.9. The molecule has 170 valence electrons. The number of aliphatic hydroxyl groups excluding tert-OH is 1. The van der Waals surface area contributed by atoms with Gasteiger partial charge in [0, 0.05) is 21.5 Å². The van der Waals surface area contributed by atoms with Gasteiger partial charge < -0.3 is 25.8 Å². The molecule has 0 saturated carbocycles. The van der Waals surface area contributed by atoms with E-state index < -0.39 is 6.10 Å². The molecule has 1 atom stereocenters. The SMILES string of the molecule is Cl.O[C@@H](CNCCc1ccc(NC(=S)Nc2ccc(I)cc2)cc1)COc1ccccc1. The molecule has 0 fully saturated rings. The molecule has 5 nitrogen and oxygen atoms in total. The van der Waals surface area contributed by atoms with E-state index in [1.54, 1.807) is 0 Å². The van der Waals surface area contributed by atoms with Crippen LogP contribution in [0, 0.1) is 3.57 Å². The second-order valence-corrected chi connectivity index (χ2v) is 8.67. The molecule has 0 aliphatic carbocycles. The van der Waals surface area contributed by atoms with Crippen molar-refractivity contribution in [2.24, 2.45) is 0 Å². The predicted octanol–water partition coefficient (Wildman–Crippen LogP) is 5.09. The highest BCUT2D eigenvalue weighted by molar-refractivity contribution is 14.1. The predicted molar refractivity (Wildman–Crippen MR) is 147 cm³/mol. The van der Waals surface area contributed by atoms with E-state index in [-0.39, 0.29) is 19.0 Å². The number of aliphatic hydroxyl groups is 1. The van der Waals surface area contributed by atoms with Gasteiger partial charge >= 0.3 is 0 Å². The van der Waals surface area contributed by atoms with Crippen molar-refractivity contribution in [2.45, 2.75) is 12.5 Å². The van der Waals surface area contributed by atoms with Crippen LogP contribution in [0.3, 0.4) is 0 Å². The van der Waals surface area contributed by atoms with Crippen molar-refractivity contribution in [1.82, 2.24) is 5.32 Å². The summed E-state index contributed by atoms with van der Waals surface area (Å²) in [6.07, 6.45) is 0.325. The molecule has 8 heteroatoms. The molecule has 0 aromatic heterocycles. The topological polar surface area (TPSA) is 65.5 Å². The summed E-state index contributed by atoms with van der Waals surface area (Å²) in [6, 6.07) is 25.7. The van der Waals surface area contributed by atoms with Gasteiger partial charge in [-0.2, -0.15) is 0 Å². The smallest absolute Gasteiger partial charge is 0.175 e. The zero-order valence-corrected chi connectivity index (χ0v) is 21.3. The first-order chi connectivity index (χ1) is 15.1. The van der Waals surface area contributed by atoms with E-state index in [9.17, 15) is 5.11 Å². The number of hydrogen-bond donors (Lipinski definition) is 4. The summed E-state index contributed by atoms with van der Waals surface area (Å²) >= 11 is 7.65. The van der Waals surface area contributed by atoms with E-state index in [1.807, 2.05) is 66.7 Å². The van der Waals surface area contributed by atoms with Crippen LogP contribution in [0.25, 0.3) is 0 Å². The molecular weight excluding hydrogens is 557 g/mol. The molecule has 0 saturated heterocycles. The van der Waals surface area contributed by atoms with Crippen molar-refractivity contribution >= 4 is 63.7 Å². The highest BCUT2D eigenvalue weighted by atomic mass is 127. The Balaban J connectivity index is 0.00000363. The maximum absolute atomic E-state index is 10.0. The van der Waals surface area contributed by atoms with Crippen LogP contribution in [0.15, 0.2) is 78.9 Å². The lowest BCUT2D eigenvalue weighted by Gasteiger charge is -2.13. The first kappa shape index (κ1) is 26.3. The number of hydrogen-bond acceptors (Lipinski definition) is 4. The summed E-state index contributed by atoms with van der Waals surface area (Å²) in [5.41, 5.74) is 3.11. The van der Waals surface area contributed by atoms with Gasteiger partial charge in [-0.05, 0) is 102 Å². The fraction of sp³-hybridized carbons (Fsp3) is 0.208. The van der Waals surface area contributed by atoms with Crippen LogP contribution in [0.1, 0.15) is 5.56 Å². The Bertz CT molecular complexity index is 944. The Morgan fingerprint density at radius 3 is 2.12 bits per heavy atom. The molecule has 0 aliphatic heterocycles. The van der Waals surface area contributed by atoms with Crippen LogP contribution in [0.5, 0.6) is 5.75 Å². The average molecular weight is 584 g/mol. The van der Waals surface area contributed by atoms with Crippen LogP contribution in [-0.2, 0) is 6.42 Å². The van der Waals surface area contributed by atoms with Crippen LogP contribution in [0.2, 0.25) is 0 Å². The largest absolute Gasteiger partial charge is 0.491 e. The van der Waals surface area contributed by atoms with Crippen molar-refractivity contribution < 1.29 is 9.84 Å². The van der Waals surface area contributed by atoms with Gasteiger partial charge in [-0.25, -0.2) is 0 Å². The zero-order valence-electron chi connectivity index (χ0n) is 17.5. The Morgan fingerprint density at radius 2 is 1.50 bits per heavy atom. The lowest BCUT2D eigenvalue weighted by Crippen LogP contribution is -2.32. The molecule has 0 amide bonds. The van der Waals surface area contributed by atoms with E-state index in [2.05, 4.69) is 50.7 Å². The van der Waals surface area contributed by atoms with Gasteiger partial charge in [-0.1, -0.05) is 30.3 Å². The summed E-state index contributed by atoms with van der Waals surface area (Å²) in [4.78, 5) is 0. The van der Waals surface area contributed by atoms with Crippen LogP contribution in [-0.4, -0.2) is 36.0 Å². The molecular formula is C24H27ClIN3O2S. The number of rotatable bonds is 10. The second-order valence-electron chi connectivity index (χ2n) is 7.01. The van der Waals surface area contributed by atoms with E-state index in [1.165, 1.54) is 9.13 Å². The summed E-state index contributed by atoms with van der Waals surface area (Å²) in [5, 5.41) is 20.2. The fourth-order valence-electron chi connectivity index (χ4n) is 2.85. The van der Waals surface area contributed by atoms with Gasteiger partial charge in [0.2, 0.25) is 0 Å². The molecule has 32 heavy (non-hydrogen) atoms. The summed E-state index contributed by atoms with van der Waals surface area (Å²) < 4.78 is 6.74. The molecule has 0 bridgehead atoms. The third kappa shape index (κ3) is 9.70. The monoisotopic (exact) mass is 583 g/mol. The highest BCUT2D eigenvalue weighted by Gasteiger charge is 2.05. The number of para-hydroxylation sites is 1. The number of benzene rings is 3. The van der Waals surface area contributed by atoms with Gasteiger partial charge in [-0.3, -0.25) is 0 Å². The lowest BCUT2D eigenvalue weighted by atomic mass is 10.1. The quantitative estimate of drug-likeness (QED) is 0.151. The summed E-state index contributed by atoms with van der Waals surface area (Å²) in [6.45, 7) is 1.54. The van der Waals surface area contributed by atoms with Crippen molar-refractivity contribution in [3.8, 4) is 5.75 Å². The molecule has 0 spiro atoms. The van der Waals surface area contributed by atoms with E-state index in [4.69, 9.17) is 17.0 Å². The molecule has 0 heterocycles. The molecule has 4 N–H and O–H groups in total. The Hall–Kier alpha value is -1.91. The van der Waals surface area contributed by atoms with Crippen LogP contribution >= 0.6 is 47.2 Å². The molecule has 3 aromatic carbocycles. The fourth-order valence-corrected chi connectivity index (χ4v) is 3.45. The van der Waals surface area contributed by atoms with Crippen molar-refractivity contribution in [1.29, 1.82) is 0 Å². The lowest BCUT2D eigenvalue weighted by molar-refractivity contribution is 0.106. The van der Waals surface area contributed by atoms with Crippen LogP contribution in [0.4, 0.5) is 11.4 Å². The van der Waals surface area contributed by atoms with E-state index in [0.717, 1.165) is 30.1 Å². The highest BCUT2D eigenvalue weighted by Crippen LogP contribution is 2.14. The van der Waals surface area contributed by atoms with E-state index >= 15 is 0 Å². The van der Waals surface area contributed by atoms with Gasteiger partial charge in [0.1, 0.15) is 18.5 Å². The van der Waals surface area contributed by atoms with Gasteiger partial charge in [-0.15, -0.1) is 12.4 Å². The Kier molecular flexibility index (Phi) is 11.8. The number of ether oxygens (including phenoxy) is 1. The molecule has 0 radical (unpaired) electrons. The maximum Gasteiger partial charge on any atom is 0.175 e. The molecule has 0 aliphatic rings. The minimum Gasteiger partial charge on any atom is -0.491 e. The van der Waals surface area contributed by atoms with E-state index in [0.29, 0.717) is 11.7 Å². The molecule has 3 rings (SSSR count). The third-order valence-corrected chi connectivity index (χ3v) is 5.39. The van der Waals surface area contributed by atoms with Crippen LogP contribution < -0.4 is 20.7 Å². The van der Waals surface area contributed by atoms with Gasteiger partial charge in [0.25, 0.3) is 0 Å². The Morgan fingerprint density at radius 1 is 0.906 bits per heavy atom. The standard InChI is InChI=1S/C24H26IN3O2S.ClH/c25-19-8-12-21(13-9-19)28-24(31)27-20-10-6-18(7-11-20)14-15-26-16-22(29)17-30-23-4-2-1-3-5-23;/h1-13,22,26,29H,14-17H2,(H2,27,28,31);1H/t22-;/m0./s1. The minimum absolute atomic E-state index is 0. The number of anilines is 2. The normalized spacial score (nSPS) is 11.2. The summed E-state index contributed by atoms with van der Waals surface area (Å²) in [7, 11) is 0. The first-order valence-electron chi connectivity index (χ1n) is 10.1. The van der Waals surface area contributed by atoms with Gasteiger partial charge in [0.15, 0.2) is 5.11 Å². The second kappa shape index (κ2) is 14.3. The van der Waals surface area contributed by atoms with Crippen molar-refractivity contribution in [2.75, 3.05) is 30.3 Å². The average Bonchev–Trinajstić information content (AvgIpc) is 2.78. The Labute approximate surface area is 214 Å². The number of nitrogens with one attached hydrogen (secondary N) is 3. The van der Waals surface area contributed by atoms with Gasteiger partial charge in [0.05, 0.1) is 0 Å². The molecule has 0 unspecified atom stereocenters. The molecule has 3 aromatic rings. The number of thiocarbonyl (C=S) groups is 1. The van der Waals surface area contributed by atoms with Crippen molar-refractivity contribution in [3.05, 3.63) is 88.0 Å². The first-order valence-corrected chi connectivity index (χ1v) is 11.6. The third-order valence-electron chi connectivity index (χ3n) is 4.47.